The molecular formula is C22H26N4O3. The minimum absolute atomic E-state index is 0.257. The van der Waals surface area contributed by atoms with E-state index < -0.39 is 0 Å². The van der Waals surface area contributed by atoms with Crippen LogP contribution in [0.2, 0.25) is 0 Å². The lowest BCUT2D eigenvalue weighted by Gasteiger charge is -2.13. The number of carbonyl (C=O) groups excluding carboxylic acids is 1. The van der Waals surface area contributed by atoms with Crippen LogP contribution in [0.25, 0.3) is 5.69 Å². The van der Waals surface area contributed by atoms with Crippen LogP contribution in [-0.2, 0) is 0 Å². The zero-order valence-electron chi connectivity index (χ0n) is 17.2. The highest BCUT2D eigenvalue weighted by atomic mass is 16.5. The van der Waals surface area contributed by atoms with Crippen molar-refractivity contribution in [3.05, 3.63) is 59.4 Å². The lowest BCUT2D eigenvalue weighted by atomic mass is 10.2. The summed E-state index contributed by atoms with van der Waals surface area (Å²) < 4.78 is 12.7. The SMILES string of the molecule is CCCCOc1ccc(OC)cc1NC(=O)c1nnn(-c2ccc(C)cc2)c1C. The Balaban J connectivity index is 1.84. The molecule has 0 aliphatic heterocycles. The van der Waals surface area contributed by atoms with Gasteiger partial charge in [-0.3, -0.25) is 4.79 Å². The van der Waals surface area contributed by atoms with E-state index in [-0.39, 0.29) is 11.6 Å². The number of hydrogen-bond acceptors (Lipinski definition) is 5. The van der Waals surface area contributed by atoms with Crippen molar-refractivity contribution in [2.75, 3.05) is 19.0 Å². The molecule has 1 amide bonds. The fourth-order valence-electron chi connectivity index (χ4n) is 2.84. The molecule has 0 radical (unpaired) electrons. The third-order valence-electron chi connectivity index (χ3n) is 4.58. The number of hydrogen-bond donors (Lipinski definition) is 1. The zero-order valence-corrected chi connectivity index (χ0v) is 17.2. The molecular weight excluding hydrogens is 368 g/mol. The van der Waals surface area contributed by atoms with Crippen LogP contribution in [0.5, 0.6) is 11.5 Å². The van der Waals surface area contributed by atoms with E-state index in [0.29, 0.717) is 29.5 Å². The molecule has 3 rings (SSSR count). The number of nitrogens with one attached hydrogen (secondary N) is 1. The highest BCUT2D eigenvalue weighted by Crippen LogP contribution is 2.30. The summed E-state index contributed by atoms with van der Waals surface area (Å²) >= 11 is 0. The van der Waals surface area contributed by atoms with Crippen molar-refractivity contribution < 1.29 is 14.3 Å². The average molecular weight is 394 g/mol. The van der Waals surface area contributed by atoms with E-state index in [1.54, 1.807) is 30.0 Å². The van der Waals surface area contributed by atoms with Gasteiger partial charge >= 0.3 is 0 Å². The minimum atomic E-state index is -0.352. The number of anilines is 1. The van der Waals surface area contributed by atoms with Crippen molar-refractivity contribution in [1.82, 2.24) is 15.0 Å². The second-order valence-corrected chi connectivity index (χ2v) is 6.79. The van der Waals surface area contributed by atoms with Crippen molar-refractivity contribution in [3.63, 3.8) is 0 Å². The Labute approximate surface area is 170 Å². The van der Waals surface area contributed by atoms with Gasteiger partial charge < -0.3 is 14.8 Å². The number of benzene rings is 2. The van der Waals surface area contributed by atoms with Gasteiger partial charge in [-0.2, -0.15) is 0 Å². The van der Waals surface area contributed by atoms with Gasteiger partial charge in [0.15, 0.2) is 5.69 Å². The van der Waals surface area contributed by atoms with Crippen molar-refractivity contribution >= 4 is 11.6 Å². The molecule has 7 heteroatoms. The molecule has 1 N–H and O–H groups in total. The molecule has 0 saturated heterocycles. The Morgan fingerprint density at radius 2 is 1.90 bits per heavy atom. The molecule has 3 aromatic rings. The molecule has 0 aliphatic rings. The van der Waals surface area contributed by atoms with E-state index >= 15 is 0 Å². The van der Waals surface area contributed by atoms with Gasteiger partial charge in [-0.15, -0.1) is 5.10 Å². The van der Waals surface area contributed by atoms with Crippen LogP contribution in [0.15, 0.2) is 42.5 Å². The lowest BCUT2D eigenvalue weighted by Crippen LogP contribution is -2.15. The predicted molar refractivity (Wildman–Crippen MR) is 112 cm³/mol. The molecule has 1 heterocycles. The average Bonchev–Trinajstić information content (AvgIpc) is 3.11. The van der Waals surface area contributed by atoms with Gasteiger partial charge in [0, 0.05) is 6.07 Å². The maximum atomic E-state index is 12.9. The topological polar surface area (TPSA) is 78.3 Å². The van der Waals surface area contributed by atoms with Gasteiger partial charge in [-0.05, 0) is 44.5 Å². The van der Waals surface area contributed by atoms with E-state index in [1.165, 1.54) is 0 Å². The molecule has 1 aromatic heterocycles. The number of aryl methyl sites for hydroxylation is 1. The number of aromatic nitrogens is 3. The van der Waals surface area contributed by atoms with E-state index in [2.05, 4.69) is 22.6 Å². The number of ether oxygens (including phenoxy) is 2. The van der Waals surface area contributed by atoms with Crippen LogP contribution < -0.4 is 14.8 Å². The fraction of sp³-hybridized carbons (Fsp3) is 0.318. The van der Waals surface area contributed by atoms with E-state index in [9.17, 15) is 4.79 Å². The number of rotatable bonds is 8. The van der Waals surface area contributed by atoms with Crippen molar-refractivity contribution in [2.24, 2.45) is 0 Å². The summed E-state index contributed by atoms with van der Waals surface area (Å²) in [6.45, 7) is 6.51. The summed E-state index contributed by atoms with van der Waals surface area (Å²) in [5.74, 6) is 0.869. The van der Waals surface area contributed by atoms with Gasteiger partial charge in [-0.25, -0.2) is 4.68 Å². The van der Waals surface area contributed by atoms with E-state index in [4.69, 9.17) is 9.47 Å². The molecule has 7 nitrogen and oxygen atoms in total. The van der Waals surface area contributed by atoms with Gasteiger partial charge in [0.1, 0.15) is 11.5 Å². The normalized spacial score (nSPS) is 10.6. The number of nitrogens with zero attached hydrogens (tertiary/aromatic N) is 3. The molecule has 0 bridgehead atoms. The number of unbranched alkanes of at least 4 members (excludes halogenated alkanes) is 1. The maximum absolute atomic E-state index is 12.9. The summed E-state index contributed by atoms with van der Waals surface area (Å²) in [5, 5.41) is 11.1. The molecule has 2 aromatic carbocycles. The van der Waals surface area contributed by atoms with Crippen LogP contribution in [0.4, 0.5) is 5.69 Å². The first kappa shape index (κ1) is 20.4. The molecule has 29 heavy (non-hydrogen) atoms. The highest BCUT2D eigenvalue weighted by Gasteiger charge is 2.19. The van der Waals surface area contributed by atoms with E-state index in [1.807, 2.05) is 38.1 Å². The summed E-state index contributed by atoms with van der Waals surface area (Å²) in [7, 11) is 1.58. The minimum Gasteiger partial charge on any atom is -0.497 e. The second-order valence-electron chi connectivity index (χ2n) is 6.79. The first-order chi connectivity index (χ1) is 14.0. The van der Waals surface area contributed by atoms with Crippen LogP contribution in [0.3, 0.4) is 0 Å². The summed E-state index contributed by atoms with van der Waals surface area (Å²) in [5.41, 5.74) is 3.45. The number of carbonyl (C=O) groups is 1. The van der Waals surface area contributed by atoms with Gasteiger partial charge in [0.2, 0.25) is 0 Å². The summed E-state index contributed by atoms with van der Waals surface area (Å²) in [6, 6.07) is 13.2. The fourth-order valence-corrected chi connectivity index (χ4v) is 2.84. The van der Waals surface area contributed by atoms with Crippen LogP contribution >= 0.6 is 0 Å². The maximum Gasteiger partial charge on any atom is 0.278 e. The Hall–Kier alpha value is -3.35. The third kappa shape index (κ3) is 4.74. The largest absolute Gasteiger partial charge is 0.497 e. The Morgan fingerprint density at radius 3 is 2.59 bits per heavy atom. The highest BCUT2D eigenvalue weighted by molar-refractivity contribution is 6.04. The van der Waals surface area contributed by atoms with Crippen LogP contribution in [0, 0.1) is 13.8 Å². The Morgan fingerprint density at radius 1 is 1.14 bits per heavy atom. The van der Waals surface area contributed by atoms with Gasteiger partial charge in [0.25, 0.3) is 5.91 Å². The molecule has 0 saturated carbocycles. The number of amides is 1. The van der Waals surface area contributed by atoms with Crippen molar-refractivity contribution in [1.29, 1.82) is 0 Å². The monoisotopic (exact) mass is 394 g/mol. The van der Waals surface area contributed by atoms with Gasteiger partial charge in [-0.1, -0.05) is 36.3 Å². The smallest absolute Gasteiger partial charge is 0.278 e. The standard InChI is InChI=1S/C22H26N4O3/c1-5-6-13-29-20-12-11-18(28-4)14-19(20)23-22(27)21-16(3)26(25-24-21)17-9-7-15(2)8-10-17/h7-12,14H,5-6,13H2,1-4H3,(H,23,27). The van der Waals surface area contributed by atoms with Gasteiger partial charge in [0.05, 0.1) is 30.8 Å². The predicted octanol–water partition coefficient (Wildman–Crippen LogP) is 4.32. The Kier molecular flexibility index (Phi) is 6.49. The Bertz CT molecular complexity index is 980. The summed E-state index contributed by atoms with van der Waals surface area (Å²) in [6.07, 6.45) is 1.96. The van der Waals surface area contributed by atoms with Crippen LogP contribution in [0.1, 0.15) is 41.5 Å². The summed E-state index contributed by atoms with van der Waals surface area (Å²) in [4.78, 5) is 12.9. The molecule has 152 valence electrons. The second kappa shape index (κ2) is 9.23. The number of methoxy groups -OCH3 is 1. The lowest BCUT2D eigenvalue weighted by molar-refractivity contribution is 0.102. The third-order valence-corrected chi connectivity index (χ3v) is 4.58. The molecule has 0 unspecified atom stereocenters. The quantitative estimate of drug-likeness (QED) is 0.576. The zero-order chi connectivity index (χ0) is 20.8. The van der Waals surface area contributed by atoms with Crippen LogP contribution in [-0.4, -0.2) is 34.6 Å². The molecule has 0 fully saturated rings. The molecule has 0 atom stereocenters. The van der Waals surface area contributed by atoms with Crippen molar-refractivity contribution in [2.45, 2.75) is 33.6 Å². The molecule has 0 aliphatic carbocycles. The van der Waals surface area contributed by atoms with E-state index in [0.717, 1.165) is 24.1 Å². The molecule has 0 spiro atoms. The first-order valence-electron chi connectivity index (χ1n) is 9.65. The van der Waals surface area contributed by atoms with Crippen molar-refractivity contribution in [3.8, 4) is 17.2 Å². The first-order valence-corrected chi connectivity index (χ1v) is 9.65.